The molecule has 1 heterocycles. The van der Waals surface area contributed by atoms with Gasteiger partial charge in [0.2, 0.25) is 5.91 Å². The molecule has 0 fully saturated rings. The normalized spacial score (nSPS) is 10.5. The van der Waals surface area contributed by atoms with E-state index < -0.39 is 0 Å². The van der Waals surface area contributed by atoms with Crippen molar-refractivity contribution in [2.75, 3.05) is 11.1 Å². The van der Waals surface area contributed by atoms with Crippen LogP contribution in [0.4, 0.5) is 11.4 Å². The summed E-state index contributed by atoms with van der Waals surface area (Å²) in [6.45, 7) is 0. The van der Waals surface area contributed by atoms with Crippen molar-refractivity contribution in [3.8, 4) is 0 Å². The molecule has 1 amide bonds. The van der Waals surface area contributed by atoms with Crippen LogP contribution in [-0.4, -0.2) is 10.9 Å². The van der Waals surface area contributed by atoms with E-state index in [1.165, 1.54) is 0 Å². The molecule has 2 aromatic carbocycles. The highest BCUT2D eigenvalue weighted by Gasteiger charge is 2.05. The number of anilines is 2. The predicted molar refractivity (Wildman–Crippen MR) is 89.5 cm³/mol. The molecule has 0 aliphatic heterocycles. The zero-order chi connectivity index (χ0) is 15.4. The molecule has 4 heteroatoms. The van der Waals surface area contributed by atoms with Gasteiger partial charge in [-0.25, -0.2) is 0 Å². The van der Waals surface area contributed by atoms with Crippen LogP contribution < -0.4 is 11.1 Å². The number of pyridine rings is 1. The van der Waals surface area contributed by atoms with Crippen LogP contribution in [0.3, 0.4) is 0 Å². The Kier molecular flexibility index (Phi) is 4.01. The maximum absolute atomic E-state index is 12.1. The number of carbonyl (C=O) groups excluding carboxylic acids is 1. The number of hydrogen-bond donors (Lipinski definition) is 2. The second-order valence-electron chi connectivity index (χ2n) is 5.18. The Bertz CT molecular complexity index is 814. The molecule has 0 atom stereocenters. The van der Waals surface area contributed by atoms with Gasteiger partial charge < -0.3 is 11.1 Å². The molecule has 0 saturated carbocycles. The van der Waals surface area contributed by atoms with Gasteiger partial charge in [-0.2, -0.15) is 0 Å². The minimum absolute atomic E-state index is 0.0170. The van der Waals surface area contributed by atoms with Gasteiger partial charge >= 0.3 is 0 Å². The molecule has 110 valence electrons. The molecule has 3 N–H and O–H groups in total. The molecule has 0 aliphatic carbocycles. The molecule has 3 rings (SSSR count). The van der Waals surface area contributed by atoms with E-state index in [2.05, 4.69) is 10.3 Å². The number of nitrogen functional groups attached to an aromatic ring is 1. The van der Waals surface area contributed by atoms with E-state index in [-0.39, 0.29) is 5.91 Å². The van der Waals surface area contributed by atoms with E-state index in [0.717, 1.165) is 27.7 Å². The van der Waals surface area contributed by atoms with Crippen LogP contribution in [0.1, 0.15) is 12.0 Å². The number of rotatable bonds is 4. The third kappa shape index (κ3) is 3.23. The summed E-state index contributed by atoms with van der Waals surface area (Å²) >= 11 is 0. The Hall–Kier alpha value is -2.88. The zero-order valence-electron chi connectivity index (χ0n) is 12.1. The maximum atomic E-state index is 12.1. The Morgan fingerprint density at radius 1 is 1.09 bits per heavy atom. The summed E-state index contributed by atoms with van der Waals surface area (Å²) < 4.78 is 0. The Morgan fingerprint density at radius 3 is 2.82 bits per heavy atom. The number of nitrogens with two attached hydrogens (primary N) is 1. The molecule has 0 unspecified atom stereocenters. The molecule has 4 nitrogen and oxygen atoms in total. The molecule has 1 aromatic heterocycles. The van der Waals surface area contributed by atoms with Gasteiger partial charge in [0.05, 0.1) is 0 Å². The lowest BCUT2D eigenvalue weighted by Crippen LogP contribution is -2.12. The van der Waals surface area contributed by atoms with Gasteiger partial charge in [-0.15, -0.1) is 0 Å². The number of aromatic nitrogens is 1. The van der Waals surface area contributed by atoms with Crippen LogP contribution in [0.5, 0.6) is 0 Å². The molecular formula is C18H17N3O. The molecule has 22 heavy (non-hydrogen) atoms. The summed E-state index contributed by atoms with van der Waals surface area (Å²) in [5, 5.41) is 5.03. The molecule has 0 spiro atoms. The number of aryl methyl sites for hydroxylation is 1. The third-order valence-electron chi connectivity index (χ3n) is 3.60. The van der Waals surface area contributed by atoms with E-state index in [4.69, 9.17) is 5.73 Å². The SMILES string of the molecule is Nc1ccccc1CCC(=O)Nc1ccc2cnccc2c1. The van der Waals surface area contributed by atoms with Crippen LogP contribution >= 0.6 is 0 Å². The number of hydrogen-bond acceptors (Lipinski definition) is 3. The molecular weight excluding hydrogens is 274 g/mol. The average molecular weight is 291 g/mol. The minimum Gasteiger partial charge on any atom is -0.399 e. The lowest BCUT2D eigenvalue weighted by molar-refractivity contribution is -0.116. The zero-order valence-corrected chi connectivity index (χ0v) is 12.1. The number of fused-ring (bicyclic) bond motifs is 1. The lowest BCUT2D eigenvalue weighted by atomic mass is 10.1. The van der Waals surface area contributed by atoms with Crippen LogP contribution in [0, 0.1) is 0 Å². The monoisotopic (exact) mass is 291 g/mol. The van der Waals surface area contributed by atoms with E-state index in [1.807, 2.05) is 48.5 Å². The van der Waals surface area contributed by atoms with Crippen molar-refractivity contribution in [3.63, 3.8) is 0 Å². The van der Waals surface area contributed by atoms with Crippen molar-refractivity contribution in [2.45, 2.75) is 12.8 Å². The molecule has 0 saturated heterocycles. The first-order chi connectivity index (χ1) is 10.7. The average Bonchev–Trinajstić information content (AvgIpc) is 2.54. The highest BCUT2D eigenvalue weighted by atomic mass is 16.1. The summed E-state index contributed by atoms with van der Waals surface area (Å²) in [4.78, 5) is 16.1. The molecule has 0 bridgehead atoms. The molecule has 0 radical (unpaired) electrons. The van der Waals surface area contributed by atoms with Crippen molar-refractivity contribution in [3.05, 3.63) is 66.5 Å². The fourth-order valence-electron chi connectivity index (χ4n) is 2.39. The van der Waals surface area contributed by atoms with Crippen molar-refractivity contribution in [1.29, 1.82) is 0 Å². The topological polar surface area (TPSA) is 68.0 Å². The second kappa shape index (κ2) is 6.26. The maximum Gasteiger partial charge on any atom is 0.224 e. The quantitative estimate of drug-likeness (QED) is 0.724. The van der Waals surface area contributed by atoms with Gasteiger partial charge in [0.25, 0.3) is 0 Å². The number of amides is 1. The van der Waals surface area contributed by atoms with Crippen LogP contribution in [-0.2, 0) is 11.2 Å². The van der Waals surface area contributed by atoms with Gasteiger partial charge in [0.15, 0.2) is 0 Å². The summed E-state index contributed by atoms with van der Waals surface area (Å²) in [6.07, 6.45) is 4.59. The number of nitrogens with one attached hydrogen (secondary N) is 1. The second-order valence-corrected chi connectivity index (χ2v) is 5.18. The van der Waals surface area contributed by atoms with E-state index in [1.54, 1.807) is 12.4 Å². The highest BCUT2D eigenvalue weighted by molar-refractivity contribution is 5.94. The first kappa shape index (κ1) is 14.1. The fraction of sp³-hybridized carbons (Fsp3) is 0.111. The van der Waals surface area contributed by atoms with Crippen LogP contribution in [0.2, 0.25) is 0 Å². The highest BCUT2D eigenvalue weighted by Crippen LogP contribution is 2.18. The van der Waals surface area contributed by atoms with Gasteiger partial charge in [-0.05, 0) is 41.6 Å². The number of carbonyl (C=O) groups is 1. The smallest absolute Gasteiger partial charge is 0.224 e. The van der Waals surface area contributed by atoms with Gasteiger partial charge in [-0.1, -0.05) is 24.3 Å². The minimum atomic E-state index is -0.0170. The first-order valence-corrected chi connectivity index (χ1v) is 7.19. The molecule has 0 aliphatic rings. The standard InChI is InChI=1S/C18H17N3O/c19-17-4-2-1-3-13(17)6-8-18(22)21-16-7-5-15-12-20-10-9-14(15)11-16/h1-5,7,9-12H,6,8,19H2,(H,21,22). The van der Waals surface area contributed by atoms with Crippen molar-refractivity contribution in [1.82, 2.24) is 4.98 Å². The predicted octanol–water partition coefficient (Wildman–Crippen LogP) is 3.39. The summed E-state index contributed by atoms with van der Waals surface area (Å²) in [7, 11) is 0. The third-order valence-corrected chi connectivity index (χ3v) is 3.60. The fourth-order valence-corrected chi connectivity index (χ4v) is 2.39. The Morgan fingerprint density at radius 2 is 1.95 bits per heavy atom. The number of nitrogens with zero attached hydrogens (tertiary/aromatic N) is 1. The van der Waals surface area contributed by atoms with E-state index >= 15 is 0 Å². The van der Waals surface area contributed by atoms with Crippen LogP contribution in [0.25, 0.3) is 10.8 Å². The Balaban J connectivity index is 1.64. The van der Waals surface area contributed by atoms with E-state index in [0.29, 0.717) is 12.8 Å². The van der Waals surface area contributed by atoms with Crippen molar-refractivity contribution < 1.29 is 4.79 Å². The first-order valence-electron chi connectivity index (χ1n) is 7.19. The van der Waals surface area contributed by atoms with Gasteiger partial charge in [0, 0.05) is 35.6 Å². The lowest BCUT2D eigenvalue weighted by Gasteiger charge is -2.08. The van der Waals surface area contributed by atoms with Crippen LogP contribution in [0.15, 0.2) is 60.9 Å². The summed E-state index contributed by atoms with van der Waals surface area (Å²) in [6, 6.07) is 15.3. The van der Waals surface area contributed by atoms with Gasteiger partial charge in [0.1, 0.15) is 0 Å². The van der Waals surface area contributed by atoms with Gasteiger partial charge in [-0.3, -0.25) is 9.78 Å². The molecule has 3 aromatic rings. The Labute approximate surface area is 129 Å². The number of para-hydroxylation sites is 1. The summed E-state index contributed by atoms with van der Waals surface area (Å²) in [5.74, 6) is -0.0170. The van der Waals surface area contributed by atoms with E-state index in [9.17, 15) is 4.79 Å². The number of benzene rings is 2. The van der Waals surface area contributed by atoms with Crippen molar-refractivity contribution in [2.24, 2.45) is 0 Å². The largest absolute Gasteiger partial charge is 0.399 e. The summed E-state index contributed by atoms with van der Waals surface area (Å²) in [5.41, 5.74) is 8.41. The van der Waals surface area contributed by atoms with Crippen molar-refractivity contribution >= 4 is 28.1 Å².